The number of likely N-dealkylation sites (N-methyl/N-ethyl adjacent to an activating group) is 2. The fraction of sp³-hybridized carbons (Fsp3) is 0.875. The highest BCUT2D eigenvalue weighted by atomic mass is 16.1. The van der Waals surface area contributed by atoms with E-state index in [4.69, 9.17) is 0 Å². The Balaban J connectivity index is 3.35. The third-order valence-electron chi connectivity index (χ3n) is 1.59. The fourth-order valence-corrected chi connectivity index (χ4v) is 0.831. The van der Waals surface area contributed by atoms with Gasteiger partial charge in [0.05, 0.1) is 6.54 Å². The van der Waals surface area contributed by atoms with Gasteiger partial charge in [0, 0.05) is 7.05 Å². The molecule has 0 aliphatic carbocycles. The Labute approximate surface area is 68.8 Å². The van der Waals surface area contributed by atoms with Crippen molar-refractivity contribution in [3.63, 3.8) is 0 Å². The first kappa shape index (κ1) is 10.4. The Morgan fingerprint density at radius 2 is 2.18 bits per heavy atom. The molecule has 0 aromatic heterocycles. The predicted molar refractivity (Wildman–Crippen MR) is 46.5 cm³/mol. The van der Waals surface area contributed by atoms with E-state index in [1.54, 1.807) is 7.05 Å². The summed E-state index contributed by atoms with van der Waals surface area (Å²) in [6, 6.07) is 0. The van der Waals surface area contributed by atoms with Gasteiger partial charge in [0.2, 0.25) is 5.91 Å². The van der Waals surface area contributed by atoms with Crippen LogP contribution in [-0.2, 0) is 4.79 Å². The molecule has 0 radical (unpaired) electrons. The summed E-state index contributed by atoms with van der Waals surface area (Å²) < 4.78 is 0. The number of nitrogens with one attached hydrogen (secondary N) is 1. The van der Waals surface area contributed by atoms with Crippen molar-refractivity contribution in [2.75, 3.05) is 27.2 Å². The molecule has 1 amide bonds. The normalized spacial score (nSPS) is 10.2. The van der Waals surface area contributed by atoms with E-state index in [0.717, 1.165) is 13.0 Å². The third kappa shape index (κ3) is 5.85. The van der Waals surface area contributed by atoms with Crippen LogP contribution < -0.4 is 5.32 Å². The van der Waals surface area contributed by atoms with E-state index < -0.39 is 0 Å². The van der Waals surface area contributed by atoms with Gasteiger partial charge >= 0.3 is 0 Å². The standard InChI is InChI=1S/C8H18N2O/c1-4-5-6-10(3)7-8(11)9-2/h4-7H2,1-3H3,(H,9,11). The van der Waals surface area contributed by atoms with Gasteiger partial charge in [-0.3, -0.25) is 9.69 Å². The molecule has 3 heteroatoms. The lowest BCUT2D eigenvalue weighted by atomic mass is 10.3. The lowest BCUT2D eigenvalue weighted by Crippen LogP contribution is -2.33. The zero-order valence-corrected chi connectivity index (χ0v) is 7.68. The second-order valence-corrected chi connectivity index (χ2v) is 2.76. The van der Waals surface area contributed by atoms with Crippen molar-refractivity contribution in [3.8, 4) is 0 Å². The van der Waals surface area contributed by atoms with Crippen LogP contribution in [0.5, 0.6) is 0 Å². The zero-order chi connectivity index (χ0) is 8.69. The highest BCUT2D eigenvalue weighted by molar-refractivity contribution is 5.77. The molecule has 0 atom stereocenters. The summed E-state index contributed by atoms with van der Waals surface area (Å²) in [5.74, 6) is 0.0867. The first-order valence-corrected chi connectivity index (χ1v) is 4.09. The minimum absolute atomic E-state index is 0.0867. The summed E-state index contributed by atoms with van der Waals surface area (Å²) in [4.78, 5) is 12.9. The monoisotopic (exact) mass is 158 g/mol. The molecule has 0 rings (SSSR count). The van der Waals surface area contributed by atoms with Crippen molar-refractivity contribution in [2.24, 2.45) is 0 Å². The molecule has 0 aliphatic rings. The molecule has 0 spiro atoms. The van der Waals surface area contributed by atoms with Gasteiger partial charge in [-0.1, -0.05) is 13.3 Å². The minimum Gasteiger partial charge on any atom is -0.358 e. The molecule has 66 valence electrons. The van der Waals surface area contributed by atoms with Crippen LogP contribution >= 0.6 is 0 Å². The van der Waals surface area contributed by atoms with E-state index in [2.05, 4.69) is 12.2 Å². The summed E-state index contributed by atoms with van der Waals surface area (Å²) in [7, 11) is 3.63. The Morgan fingerprint density at radius 3 is 2.64 bits per heavy atom. The SMILES string of the molecule is CCCCN(C)CC(=O)NC. The summed E-state index contributed by atoms with van der Waals surface area (Å²) in [5, 5.41) is 2.59. The second kappa shape index (κ2) is 6.16. The molecular formula is C8H18N2O. The third-order valence-corrected chi connectivity index (χ3v) is 1.59. The topological polar surface area (TPSA) is 32.3 Å². The molecule has 0 fully saturated rings. The molecular weight excluding hydrogens is 140 g/mol. The van der Waals surface area contributed by atoms with Crippen molar-refractivity contribution in [1.82, 2.24) is 10.2 Å². The average Bonchev–Trinajstić information content (AvgIpc) is 2.00. The highest BCUT2D eigenvalue weighted by Crippen LogP contribution is 1.90. The van der Waals surface area contributed by atoms with Gasteiger partial charge in [0.1, 0.15) is 0 Å². The number of amides is 1. The van der Waals surface area contributed by atoms with Crippen molar-refractivity contribution >= 4 is 5.91 Å². The minimum atomic E-state index is 0.0867. The van der Waals surface area contributed by atoms with E-state index in [9.17, 15) is 4.79 Å². The maximum Gasteiger partial charge on any atom is 0.233 e. The van der Waals surface area contributed by atoms with Gasteiger partial charge in [-0.2, -0.15) is 0 Å². The largest absolute Gasteiger partial charge is 0.358 e. The zero-order valence-electron chi connectivity index (χ0n) is 7.68. The summed E-state index contributed by atoms with van der Waals surface area (Å²) in [6.45, 7) is 3.66. The molecule has 0 aromatic rings. The average molecular weight is 158 g/mol. The van der Waals surface area contributed by atoms with Gasteiger partial charge in [-0.05, 0) is 20.0 Å². The summed E-state index contributed by atoms with van der Waals surface area (Å²) >= 11 is 0. The molecule has 0 unspecified atom stereocenters. The Kier molecular flexibility index (Phi) is 5.84. The molecule has 0 saturated carbocycles. The Bertz CT molecular complexity index is 115. The highest BCUT2D eigenvalue weighted by Gasteiger charge is 2.02. The lowest BCUT2D eigenvalue weighted by molar-refractivity contribution is -0.121. The molecule has 1 N–H and O–H groups in total. The van der Waals surface area contributed by atoms with E-state index in [1.165, 1.54) is 6.42 Å². The predicted octanol–water partition coefficient (Wildman–Crippen LogP) is 0.464. The molecule has 0 aromatic carbocycles. The van der Waals surface area contributed by atoms with Crippen LogP contribution in [0, 0.1) is 0 Å². The van der Waals surface area contributed by atoms with Crippen molar-refractivity contribution in [2.45, 2.75) is 19.8 Å². The molecule has 11 heavy (non-hydrogen) atoms. The molecule has 0 bridgehead atoms. The number of carbonyl (C=O) groups is 1. The first-order chi connectivity index (χ1) is 5.20. The quantitative estimate of drug-likeness (QED) is 0.630. The summed E-state index contributed by atoms with van der Waals surface area (Å²) in [5.41, 5.74) is 0. The maximum absolute atomic E-state index is 10.8. The number of hydrogen-bond acceptors (Lipinski definition) is 2. The Hall–Kier alpha value is -0.570. The molecule has 0 saturated heterocycles. The lowest BCUT2D eigenvalue weighted by Gasteiger charge is -2.14. The molecule has 0 heterocycles. The maximum atomic E-state index is 10.8. The smallest absolute Gasteiger partial charge is 0.233 e. The van der Waals surface area contributed by atoms with Crippen LogP contribution in [-0.4, -0.2) is 38.0 Å². The second-order valence-electron chi connectivity index (χ2n) is 2.76. The molecule has 3 nitrogen and oxygen atoms in total. The van der Waals surface area contributed by atoms with Crippen molar-refractivity contribution < 1.29 is 4.79 Å². The number of hydrogen-bond donors (Lipinski definition) is 1. The van der Waals surface area contributed by atoms with Crippen LogP contribution in [0.4, 0.5) is 0 Å². The van der Waals surface area contributed by atoms with Gasteiger partial charge in [-0.25, -0.2) is 0 Å². The van der Waals surface area contributed by atoms with Gasteiger partial charge in [0.15, 0.2) is 0 Å². The van der Waals surface area contributed by atoms with Crippen molar-refractivity contribution in [3.05, 3.63) is 0 Å². The Morgan fingerprint density at radius 1 is 1.55 bits per heavy atom. The van der Waals surface area contributed by atoms with Crippen molar-refractivity contribution in [1.29, 1.82) is 0 Å². The number of carbonyl (C=O) groups excluding carboxylic acids is 1. The number of unbranched alkanes of at least 4 members (excludes halogenated alkanes) is 1. The summed E-state index contributed by atoms with van der Waals surface area (Å²) in [6.07, 6.45) is 2.34. The number of rotatable bonds is 5. The fourth-order valence-electron chi connectivity index (χ4n) is 0.831. The number of nitrogens with zero attached hydrogens (tertiary/aromatic N) is 1. The molecule has 0 aliphatic heterocycles. The van der Waals surface area contributed by atoms with Gasteiger partial charge in [-0.15, -0.1) is 0 Å². The van der Waals surface area contributed by atoms with Crippen LogP contribution in [0.15, 0.2) is 0 Å². The van der Waals surface area contributed by atoms with Crippen LogP contribution in [0.3, 0.4) is 0 Å². The van der Waals surface area contributed by atoms with Crippen LogP contribution in [0.2, 0.25) is 0 Å². The van der Waals surface area contributed by atoms with E-state index in [1.807, 2.05) is 11.9 Å². The van der Waals surface area contributed by atoms with Gasteiger partial charge in [0.25, 0.3) is 0 Å². The first-order valence-electron chi connectivity index (χ1n) is 4.09. The van der Waals surface area contributed by atoms with E-state index >= 15 is 0 Å². The van der Waals surface area contributed by atoms with E-state index in [0.29, 0.717) is 6.54 Å². The van der Waals surface area contributed by atoms with E-state index in [-0.39, 0.29) is 5.91 Å². The van der Waals surface area contributed by atoms with Crippen LogP contribution in [0.25, 0.3) is 0 Å². The van der Waals surface area contributed by atoms with Gasteiger partial charge < -0.3 is 5.32 Å². The van der Waals surface area contributed by atoms with Crippen LogP contribution in [0.1, 0.15) is 19.8 Å².